The van der Waals surface area contributed by atoms with Crippen molar-refractivity contribution in [2.45, 2.75) is 87.0 Å². The Kier molecular flexibility index (Phi) is 10.8. The Morgan fingerprint density at radius 3 is 1.74 bits per heavy atom. The number of hydrogen-bond donors (Lipinski definition) is 0. The van der Waals surface area contributed by atoms with Gasteiger partial charge in [-0.15, -0.1) is 0 Å². The maximum atomic E-state index is 2.43. The molecular formula is C27H40. The van der Waals surface area contributed by atoms with Gasteiger partial charge in [0.1, 0.15) is 0 Å². The molecule has 0 amide bonds. The summed E-state index contributed by atoms with van der Waals surface area (Å²) in [4.78, 5) is 0. The Labute approximate surface area is 168 Å². The van der Waals surface area contributed by atoms with Crippen molar-refractivity contribution >= 4 is 0 Å². The molecule has 0 bridgehead atoms. The summed E-state index contributed by atoms with van der Waals surface area (Å²) in [5.41, 5.74) is 10.2. The molecule has 1 aromatic rings. The summed E-state index contributed by atoms with van der Waals surface area (Å²) < 4.78 is 0. The van der Waals surface area contributed by atoms with Crippen LogP contribution in [-0.4, -0.2) is 0 Å². The molecule has 0 unspecified atom stereocenters. The molecule has 0 spiro atoms. The monoisotopic (exact) mass is 364 g/mol. The second-order valence-corrected chi connectivity index (χ2v) is 8.36. The van der Waals surface area contributed by atoms with Crippen molar-refractivity contribution in [1.82, 2.24) is 0 Å². The van der Waals surface area contributed by atoms with Crippen LogP contribution in [0.4, 0.5) is 0 Å². The first kappa shape index (κ1) is 23.2. The minimum atomic E-state index is 1.04. The van der Waals surface area contributed by atoms with Crippen molar-refractivity contribution < 1.29 is 0 Å². The van der Waals surface area contributed by atoms with Crippen LogP contribution < -0.4 is 0 Å². The van der Waals surface area contributed by atoms with Crippen LogP contribution >= 0.6 is 0 Å². The maximum absolute atomic E-state index is 2.43. The van der Waals surface area contributed by atoms with E-state index < -0.39 is 0 Å². The Morgan fingerprint density at radius 1 is 0.704 bits per heavy atom. The number of benzene rings is 1. The van der Waals surface area contributed by atoms with Crippen LogP contribution in [0.2, 0.25) is 0 Å². The third-order valence-electron chi connectivity index (χ3n) is 5.01. The number of allylic oxidation sites excluding steroid dienone is 8. The second kappa shape index (κ2) is 12.5. The lowest BCUT2D eigenvalue weighted by atomic mass is 9.94. The van der Waals surface area contributed by atoms with E-state index in [1.54, 1.807) is 0 Å². The van der Waals surface area contributed by atoms with Gasteiger partial charge < -0.3 is 0 Å². The van der Waals surface area contributed by atoms with Gasteiger partial charge in [0.2, 0.25) is 0 Å². The van der Waals surface area contributed by atoms with Gasteiger partial charge in [0, 0.05) is 0 Å². The van der Waals surface area contributed by atoms with Gasteiger partial charge in [-0.25, -0.2) is 0 Å². The molecule has 0 radical (unpaired) electrons. The molecule has 0 aliphatic heterocycles. The van der Waals surface area contributed by atoms with E-state index in [9.17, 15) is 0 Å². The van der Waals surface area contributed by atoms with Crippen LogP contribution in [0, 0.1) is 6.92 Å². The lowest BCUT2D eigenvalue weighted by Crippen LogP contribution is -1.96. The predicted molar refractivity (Wildman–Crippen MR) is 123 cm³/mol. The van der Waals surface area contributed by atoms with Gasteiger partial charge in [-0.2, -0.15) is 0 Å². The highest BCUT2D eigenvalue weighted by Gasteiger charge is 2.04. The zero-order valence-corrected chi connectivity index (χ0v) is 18.8. The Morgan fingerprint density at radius 2 is 1.22 bits per heavy atom. The van der Waals surface area contributed by atoms with E-state index in [1.165, 1.54) is 39.0 Å². The van der Waals surface area contributed by atoms with Crippen molar-refractivity contribution in [2.24, 2.45) is 0 Å². The van der Waals surface area contributed by atoms with E-state index in [-0.39, 0.29) is 0 Å². The van der Waals surface area contributed by atoms with E-state index in [1.807, 2.05) is 0 Å². The minimum Gasteiger partial charge on any atom is -0.0856 e. The van der Waals surface area contributed by atoms with E-state index in [2.05, 4.69) is 91.0 Å². The van der Waals surface area contributed by atoms with Gasteiger partial charge in [0.05, 0.1) is 0 Å². The largest absolute Gasteiger partial charge is 0.0856 e. The smallest absolute Gasteiger partial charge is 0.00894 e. The Hall–Kier alpha value is -1.82. The van der Waals surface area contributed by atoms with Gasteiger partial charge in [-0.05, 0) is 104 Å². The van der Waals surface area contributed by atoms with Crippen molar-refractivity contribution in [2.75, 3.05) is 0 Å². The van der Waals surface area contributed by atoms with Crippen LogP contribution in [0.3, 0.4) is 0 Å². The Balaban J connectivity index is 2.76. The molecule has 0 saturated heterocycles. The quantitative estimate of drug-likeness (QED) is 0.365. The normalized spacial score (nSPS) is 12.1. The summed E-state index contributed by atoms with van der Waals surface area (Å²) in [7, 11) is 0. The third kappa shape index (κ3) is 10.2. The standard InChI is InChI=1S/C27H40/c1-21(2)11-8-13-23(5)17-19-26-16-10-15-25(7)27(26)20-18-24(6)14-9-12-22(3)4/h10-12,15-18H,8-9,13-14,19-20H2,1-7H3/b23-17+,24-18+. The zero-order valence-electron chi connectivity index (χ0n) is 18.8. The molecule has 0 aliphatic carbocycles. The van der Waals surface area contributed by atoms with Gasteiger partial charge in [0.25, 0.3) is 0 Å². The van der Waals surface area contributed by atoms with Gasteiger partial charge in [-0.3, -0.25) is 0 Å². The van der Waals surface area contributed by atoms with Gasteiger partial charge >= 0.3 is 0 Å². The van der Waals surface area contributed by atoms with Crippen LogP contribution in [0.1, 0.15) is 83.9 Å². The molecule has 0 atom stereocenters. The topological polar surface area (TPSA) is 0 Å². The summed E-state index contributed by atoms with van der Waals surface area (Å²) in [5, 5.41) is 0. The first-order valence-corrected chi connectivity index (χ1v) is 10.4. The minimum absolute atomic E-state index is 1.04. The second-order valence-electron chi connectivity index (χ2n) is 8.36. The van der Waals surface area contributed by atoms with Crippen LogP contribution in [0.25, 0.3) is 0 Å². The van der Waals surface area contributed by atoms with Gasteiger partial charge in [-0.1, -0.05) is 64.8 Å². The lowest BCUT2D eigenvalue weighted by molar-refractivity contribution is 0.947. The lowest BCUT2D eigenvalue weighted by Gasteiger charge is -2.11. The van der Waals surface area contributed by atoms with Crippen molar-refractivity contribution in [3.05, 3.63) is 81.5 Å². The molecule has 0 aliphatic rings. The summed E-state index contributed by atoms with van der Waals surface area (Å²) >= 11 is 0. The summed E-state index contributed by atoms with van der Waals surface area (Å²) in [6.07, 6.45) is 16.2. The van der Waals surface area contributed by atoms with E-state index in [0.29, 0.717) is 0 Å². The molecule has 1 aromatic carbocycles. The van der Waals surface area contributed by atoms with Crippen LogP contribution in [0.5, 0.6) is 0 Å². The fraction of sp³-hybridized carbons (Fsp3) is 0.481. The molecule has 0 N–H and O–H groups in total. The fourth-order valence-corrected chi connectivity index (χ4v) is 3.19. The van der Waals surface area contributed by atoms with Crippen molar-refractivity contribution in [3.8, 4) is 0 Å². The summed E-state index contributed by atoms with van der Waals surface area (Å²) in [6.45, 7) is 15.5. The molecular weight excluding hydrogens is 324 g/mol. The highest BCUT2D eigenvalue weighted by atomic mass is 14.1. The van der Waals surface area contributed by atoms with Crippen LogP contribution in [0.15, 0.2) is 64.8 Å². The number of hydrogen-bond acceptors (Lipinski definition) is 0. The van der Waals surface area contributed by atoms with Crippen molar-refractivity contribution in [1.29, 1.82) is 0 Å². The van der Waals surface area contributed by atoms with E-state index >= 15 is 0 Å². The molecule has 27 heavy (non-hydrogen) atoms. The van der Waals surface area contributed by atoms with E-state index in [4.69, 9.17) is 0 Å². The molecule has 0 heterocycles. The first-order valence-electron chi connectivity index (χ1n) is 10.4. The highest BCUT2D eigenvalue weighted by Crippen LogP contribution is 2.19. The third-order valence-corrected chi connectivity index (χ3v) is 5.01. The molecule has 0 aromatic heterocycles. The van der Waals surface area contributed by atoms with Gasteiger partial charge in [0.15, 0.2) is 0 Å². The van der Waals surface area contributed by atoms with Crippen molar-refractivity contribution in [3.63, 3.8) is 0 Å². The summed E-state index contributed by atoms with van der Waals surface area (Å²) in [6, 6.07) is 6.75. The fourth-order valence-electron chi connectivity index (χ4n) is 3.19. The molecule has 0 heteroatoms. The van der Waals surface area contributed by atoms with Crippen LogP contribution in [-0.2, 0) is 12.8 Å². The highest BCUT2D eigenvalue weighted by molar-refractivity contribution is 5.37. The summed E-state index contributed by atoms with van der Waals surface area (Å²) in [5.74, 6) is 0. The SMILES string of the molecule is CC(C)=CCC/C(C)=C/Cc1cccc(C)c1C/C=C(\C)CCC=C(C)C. The molecule has 0 fully saturated rings. The number of aryl methyl sites for hydroxylation is 1. The van der Waals surface area contributed by atoms with E-state index in [0.717, 1.165) is 38.5 Å². The molecule has 0 saturated carbocycles. The average molecular weight is 365 g/mol. The molecule has 1 rings (SSSR count). The first-order chi connectivity index (χ1) is 12.8. The molecule has 148 valence electrons. The predicted octanol–water partition coefficient (Wildman–Crippen LogP) is 8.47. The maximum Gasteiger partial charge on any atom is -0.00894 e. The zero-order chi connectivity index (χ0) is 20.2. The molecule has 0 nitrogen and oxygen atoms in total. The number of rotatable bonds is 10. The Bertz CT molecular complexity index is 700. The average Bonchev–Trinajstić information content (AvgIpc) is 2.58.